The Labute approximate surface area is 80.5 Å². The van der Waals surface area contributed by atoms with Crippen LogP contribution in [0, 0.1) is 12.3 Å². The summed E-state index contributed by atoms with van der Waals surface area (Å²) in [6, 6.07) is 0. The molecule has 0 spiro atoms. The number of aliphatic carboxylic acids is 2. The Morgan fingerprint density at radius 1 is 1.30 bits per heavy atom. The Morgan fingerprint density at radius 3 is 1.60 bits per heavy atom. The summed E-state index contributed by atoms with van der Waals surface area (Å²) in [5, 5.41) is 19.6. The van der Waals surface area contributed by atoms with E-state index >= 15 is 0 Å². The third-order valence-corrected chi connectivity index (χ3v) is 0.841. The summed E-state index contributed by atoms with van der Waals surface area (Å²) in [5.74, 6) is -4.88. The maximum absolute atomic E-state index is 9.81. The molecule has 0 unspecified atom stereocenters. The predicted octanol–water partition coefficient (Wildman–Crippen LogP) is -5.67. The van der Waals surface area contributed by atoms with Gasteiger partial charge in [-0.05, 0) is 0 Å². The second kappa shape index (κ2) is 5.70. The van der Waals surface area contributed by atoms with E-state index in [-0.39, 0.29) is 29.6 Å². The van der Waals surface area contributed by atoms with Gasteiger partial charge in [-0.3, -0.25) is 0 Å². The molecule has 0 aromatic heterocycles. The first kappa shape index (κ1) is 12.6. The van der Waals surface area contributed by atoms with Crippen molar-refractivity contribution >= 4 is 11.9 Å². The summed E-state index contributed by atoms with van der Waals surface area (Å²) in [6.45, 7) is 1.32. The normalized spacial score (nSPS) is 8.60. The van der Waals surface area contributed by atoms with Crippen LogP contribution in [0.5, 0.6) is 0 Å². The van der Waals surface area contributed by atoms with E-state index in [0.717, 1.165) is 6.42 Å². The Balaban J connectivity index is 0. The molecule has 0 bridgehead atoms. The number of hydrogen-bond acceptors (Lipinski definition) is 4. The molecule has 0 saturated carbocycles. The van der Waals surface area contributed by atoms with E-state index in [4.69, 9.17) is 0 Å². The van der Waals surface area contributed by atoms with Crippen molar-refractivity contribution in [2.75, 3.05) is 0 Å². The van der Waals surface area contributed by atoms with Gasteiger partial charge in [0, 0.05) is 11.9 Å². The molecule has 0 aliphatic rings. The van der Waals surface area contributed by atoms with Crippen molar-refractivity contribution in [2.24, 2.45) is 5.92 Å². The van der Waals surface area contributed by atoms with Crippen LogP contribution in [-0.2, 0) is 9.59 Å². The summed E-state index contributed by atoms with van der Waals surface area (Å²) < 4.78 is 0. The van der Waals surface area contributed by atoms with E-state index in [2.05, 4.69) is 0 Å². The molecule has 0 N–H and O–H groups in total. The first-order valence-electron chi connectivity index (χ1n) is 2.30. The van der Waals surface area contributed by atoms with Gasteiger partial charge in [0.15, 0.2) is 0 Å². The zero-order valence-corrected chi connectivity index (χ0v) is 7.79. The molecule has 0 aliphatic heterocycles. The Bertz CT molecular complexity index is 120. The molecule has 0 aromatic carbocycles. The van der Waals surface area contributed by atoms with Crippen LogP contribution < -0.4 is 39.8 Å². The van der Waals surface area contributed by atoms with Crippen molar-refractivity contribution in [1.82, 2.24) is 0 Å². The molecule has 0 atom stereocenters. The first-order valence-corrected chi connectivity index (χ1v) is 2.30. The Kier molecular flexibility index (Phi) is 7.19. The van der Waals surface area contributed by atoms with Crippen LogP contribution in [-0.4, -0.2) is 11.9 Å². The van der Waals surface area contributed by atoms with Gasteiger partial charge in [-0.15, -0.1) is 0 Å². The smallest absolute Gasteiger partial charge is 0.552 e. The number of hydrogen-bond donors (Lipinski definition) is 0. The minimum atomic E-state index is -1.64. The monoisotopic (exact) mass is 152 g/mol. The summed E-state index contributed by atoms with van der Waals surface area (Å²) in [4.78, 5) is 19.6. The second-order valence-corrected chi connectivity index (χ2v) is 1.45. The molecular formula is C5H5NaO4-2. The van der Waals surface area contributed by atoms with Crippen molar-refractivity contribution in [3.8, 4) is 0 Å². The number of carboxylic acids is 2. The van der Waals surface area contributed by atoms with Gasteiger partial charge in [0.1, 0.15) is 0 Å². The van der Waals surface area contributed by atoms with Crippen molar-refractivity contribution in [2.45, 2.75) is 6.92 Å². The molecule has 0 aliphatic carbocycles. The average Bonchev–Trinajstić information content (AvgIpc) is 1.64. The van der Waals surface area contributed by atoms with Gasteiger partial charge in [0.05, 0.1) is 0 Å². The second-order valence-electron chi connectivity index (χ2n) is 1.45. The molecule has 0 amide bonds. The molecule has 10 heavy (non-hydrogen) atoms. The molecule has 5 heteroatoms. The number of carbonyl (C=O) groups is 2. The third kappa shape index (κ3) is 3.87. The maximum Gasteiger partial charge on any atom is 1.00 e. The van der Waals surface area contributed by atoms with Crippen LogP contribution in [0.1, 0.15) is 6.92 Å². The van der Waals surface area contributed by atoms with E-state index in [1.165, 1.54) is 6.92 Å². The van der Waals surface area contributed by atoms with E-state index < -0.39 is 17.9 Å². The van der Waals surface area contributed by atoms with Crippen molar-refractivity contribution < 1.29 is 49.4 Å². The SMILES string of the molecule is C[CH-]C(C(=O)[O-])C(=O)[O-].[Na+]. The molecule has 52 valence electrons. The molecular weight excluding hydrogens is 147 g/mol. The van der Waals surface area contributed by atoms with Crippen LogP contribution in [0.4, 0.5) is 0 Å². The molecule has 0 heterocycles. The standard InChI is InChI=1S/C5H7O4.Na/c1-2-3(4(6)7)5(8)9;/h2-3H,1H3,(H,6,7)(H,8,9);/q-1;+1/p-2. The molecule has 0 saturated heterocycles. The van der Waals surface area contributed by atoms with Crippen molar-refractivity contribution in [3.63, 3.8) is 0 Å². The number of rotatable bonds is 3. The van der Waals surface area contributed by atoms with E-state index in [0.29, 0.717) is 0 Å². The first-order chi connectivity index (χ1) is 4.09. The molecule has 0 aromatic rings. The van der Waals surface area contributed by atoms with Gasteiger partial charge in [0.25, 0.3) is 0 Å². The summed E-state index contributed by atoms with van der Waals surface area (Å²) in [6.07, 6.45) is 0.991. The maximum atomic E-state index is 9.81. The zero-order chi connectivity index (χ0) is 7.44. The molecule has 0 radical (unpaired) electrons. The topological polar surface area (TPSA) is 80.3 Å². The number of carbonyl (C=O) groups excluding carboxylic acids is 2. The van der Waals surface area contributed by atoms with Crippen molar-refractivity contribution in [3.05, 3.63) is 6.42 Å². The van der Waals surface area contributed by atoms with Gasteiger partial charge >= 0.3 is 29.6 Å². The van der Waals surface area contributed by atoms with Gasteiger partial charge in [-0.2, -0.15) is 6.92 Å². The van der Waals surface area contributed by atoms with Crippen LogP contribution in [0.3, 0.4) is 0 Å². The fraction of sp³-hybridized carbons (Fsp3) is 0.400. The molecule has 4 nitrogen and oxygen atoms in total. The van der Waals surface area contributed by atoms with Crippen LogP contribution in [0.15, 0.2) is 0 Å². The van der Waals surface area contributed by atoms with Gasteiger partial charge < -0.3 is 26.2 Å². The largest absolute Gasteiger partial charge is 1.00 e. The molecule has 0 fully saturated rings. The van der Waals surface area contributed by atoms with Crippen LogP contribution in [0.25, 0.3) is 0 Å². The minimum absolute atomic E-state index is 0. The zero-order valence-electron chi connectivity index (χ0n) is 5.79. The Hall–Kier alpha value is -0.0600. The fourth-order valence-corrected chi connectivity index (χ4v) is 0.368. The fourth-order valence-electron chi connectivity index (χ4n) is 0.368. The van der Waals surface area contributed by atoms with Gasteiger partial charge in [-0.1, -0.05) is 5.92 Å². The predicted molar refractivity (Wildman–Crippen MR) is 23.5 cm³/mol. The quantitative estimate of drug-likeness (QED) is 0.229. The van der Waals surface area contributed by atoms with E-state index in [1.54, 1.807) is 0 Å². The van der Waals surface area contributed by atoms with Crippen molar-refractivity contribution in [1.29, 1.82) is 0 Å². The van der Waals surface area contributed by atoms with Crippen LogP contribution in [0.2, 0.25) is 0 Å². The average molecular weight is 152 g/mol. The van der Waals surface area contributed by atoms with E-state index in [1.807, 2.05) is 0 Å². The Morgan fingerprint density at radius 2 is 1.60 bits per heavy atom. The third-order valence-electron chi connectivity index (χ3n) is 0.841. The summed E-state index contributed by atoms with van der Waals surface area (Å²) in [7, 11) is 0. The summed E-state index contributed by atoms with van der Waals surface area (Å²) >= 11 is 0. The minimum Gasteiger partial charge on any atom is -0.552 e. The number of carboxylic acid groups (broad SMARTS) is 2. The summed E-state index contributed by atoms with van der Waals surface area (Å²) in [5.41, 5.74) is 0. The molecule has 0 rings (SSSR count). The van der Waals surface area contributed by atoms with Crippen LogP contribution >= 0.6 is 0 Å². The van der Waals surface area contributed by atoms with E-state index in [9.17, 15) is 19.8 Å². The van der Waals surface area contributed by atoms with Gasteiger partial charge in [0.2, 0.25) is 0 Å². The van der Waals surface area contributed by atoms with Gasteiger partial charge in [-0.25, -0.2) is 0 Å².